The summed E-state index contributed by atoms with van der Waals surface area (Å²) in [4.78, 5) is 0. The zero-order valence-corrected chi connectivity index (χ0v) is 22.8. The zero-order chi connectivity index (χ0) is 23.1. The number of unbranched alkanes of at least 4 members (excludes halogenated alkanes) is 25. The topological polar surface area (TPSA) is 26.0 Å². The molecule has 31 heavy (non-hydrogen) atoms. The molecule has 0 unspecified atom stereocenters. The first-order valence-electron chi connectivity index (χ1n) is 14.5. The predicted molar refractivity (Wildman–Crippen MR) is 147 cm³/mol. The van der Waals surface area contributed by atoms with Crippen molar-refractivity contribution in [1.29, 1.82) is 0 Å². The van der Waals surface area contributed by atoms with Gasteiger partial charge < -0.3 is 5.73 Å². The molecule has 0 aromatic carbocycles. The highest BCUT2D eigenvalue weighted by molar-refractivity contribution is 6.15. The second-order valence-electron chi connectivity index (χ2n) is 9.63. The Kier molecular flexibility index (Phi) is 37.6. The normalized spacial score (nSPS) is 10.8. The Morgan fingerprint density at radius 1 is 0.323 bits per heavy atom. The van der Waals surface area contributed by atoms with Gasteiger partial charge in [0, 0.05) is 6.38 Å². The summed E-state index contributed by atoms with van der Waals surface area (Å²) in [6, 6.07) is 0. The Morgan fingerprint density at radius 3 is 0.645 bits per heavy atom. The van der Waals surface area contributed by atoms with Gasteiger partial charge in [0.25, 0.3) is 0 Å². The highest BCUT2D eigenvalue weighted by Gasteiger charge is 1.96. The van der Waals surface area contributed by atoms with Crippen molar-refractivity contribution in [1.82, 2.24) is 0 Å². The third-order valence-corrected chi connectivity index (χ3v) is 6.56. The molecule has 0 aliphatic heterocycles. The van der Waals surface area contributed by atoms with Gasteiger partial charge in [0.05, 0.1) is 0 Å². The lowest BCUT2D eigenvalue weighted by molar-refractivity contribution is 0.515. The number of nitrogens with two attached hydrogens (primary N) is 1. The van der Waals surface area contributed by atoms with E-state index < -0.39 is 0 Å². The smallest absolute Gasteiger partial charge is 0.0108 e. The van der Waals surface area contributed by atoms with E-state index in [-0.39, 0.29) is 0 Å². The van der Waals surface area contributed by atoms with E-state index in [0.717, 1.165) is 6.54 Å². The predicted octanol–water partition coefficient (Wildman–Crippen LogP) is 11.0. The Bertz CT molecular complexity index is 243. The van der Waals surface area contributed by atoms with Crippen LogP contribution >= 0.6 is 11.6 Å². The third-order valence-electron chi connectivity index (χ3n) is 6.56. The van der Waals surface area contributed by atoms with Crippen molar-refractivity contribution < 1.29 is 0 Å². The minimum Gasteiger partial charge on any atom is -0.330 e. The minimum absolute atomic E-state index is 0.874. The Labute approximate surface area is 204 Å². The molecule has 0 aromatic heterocycles. The largest absolute Gasteiger partial charge is 0.330 e. The monoisotopic (exact) mass is 459 g/mol. The summed E-state index contributed by atoms with van der Waals surface area (Å²) >= 11 is 4.64. The van der Waals surface area contributed by atoms with Gasteiger partial charge in [-0.05, 0) is 13.0 Å². The molecule has 0 radical (unpaired) electrons. The molecule has 0 saturated carbocycles. The standard InChI is InChI=1S/C28H59N.CH3Cl/c1-2-3-4-5-6-7-8-9-10-11-12-13-14-15-16-17-18-19-20-21-22-23-24-25-26-27-28-29;1-2/h2-29H2,1H3;1H3. The number of hydrogen-bond donors (Lipinski definition) is 1. The van der Waals surface area contributed by atoms with E-state index in [0.29, 0.717) is 0 Å². The lowest BCUT2D eigenvalue weighted by atomic mass is 10.0. The van der Waals surface area contributed by atoms with Crippen LogP contribution in [0.3, 0.4) is 0 Å². The molecule has 0 spiro atoms. The lowest BCUT2D eigenvalue weighted by Crippen LogP contribution is -1.97. The molecule has 0 amide bonds. The maximum atomic E-state index is 5.53. The number of halogens is 1. The summed E-state index contributed by atoms with van der Waals surface area (Å²) in [5, 5.41) is 0. The van der Waals surface area contributed by atoms with Crippen LogP contribution < -0.4 is 5.73 Å². The Hall–Kier alpha value is 0.250. The average Bonchev–Trinajstić information content (AvgIpc) is 2.80. The maximum Gasteiger partial charge on any atom is 0.0108 e. The molecule has 0 aliphatic carbocycles. The lowest BCUT2D eigenvalue weighted by Gasteiger charge is -2.04. The highest BCUT2D eigenvalue weighted by Crippen LogP contribution is 2.15. The fourth-order valence-electron chi connectivity index (χ4n) is 4.46. The molecule has 0 aliphatic rings. The summed E-state index contributed by atoms with van der Waals surface area (Å²) in [5.41, 5.74) is 5.53. The maximum absolute atomic E-state index is 5.53. The zero-order valence-electron chi connectivity index (χ0n) is 22.0. The molecule has 1 nitrogen and oxygen atoms in total. The second-order valence-corrected chi connectivity index (χ2v) is 9.63. The van der Waals surface area contributed by atoms with Crippen molar-refractivity contribution in [3.63, 3.8) is 0 Å². The van der Waals surface area contributed by atoms with Crippen molar-refractivity contribution in [3.05, 3.63) is 0 Å². The average molecular weight is 460 g/mol. The Morgan fingerprint density at radius 2 is 0.484 bits per heavy atom. The van der Waals surface area contributed by atoms with E-state index in [1.165, 1.54) is 173 Å². The Balaban J connectivity index is 0. The van der Waals surface area contributed by atoms with E-state index in [9.17, 15) is 0 Å². The summed E-state index contributed by atoms with van der Waals surface area (Å²) < 4.78 is 0. The molecule has 2 heteroatoms. The number of rotatable bonds is 26. The summed E-state index contributed by atoms with van der Waals surface area (Å²) in [6.45, 7) is 3.18. The van der Waals surface area contributed by atoms with Gasteiger partial charge in [-0.25, -0.2) is 0 Å². The van der Waals surface area contributed by atoms with Crippen molar-refractivity contribution in [2.75, 3.05) is 12.9 Å². The molecule has 190 valence electrons. The van der Waals surface area contributed by atoms with Crippen LogP contribution in [0.5, 0.6) is 0 Å². The molecule has 0 atom stereocenters. The van der Waals surface area contributed by atoms with Gasteiger partial charge in [-0.3, -0.25) is 0 Å². The van der Waals surface area contributed by atoms with E-state index in [2.05, 4.69) is 18.5 Å². The second kappa shape index (κ2) is 34.9. The van der Waals surface area contributed by atoms with Crippen molar-refractivity contribution in [2.45, 2.75) is 174 Å². The van der Waals surface area contributed by atoms with Crippen LogP contribution in [0.15, 0.2) is 0 Å². The SMILES string of the molecule is CCCCCCCCCCCCCCCCCCCCCCCCCCCCN.CCl. The first-order chi connectivity index (χ1) is 15.4. The third kappa shape index (κ3) is 35.0. The summed E-state index contributed by atoms with van der Waals surface area (Å²) in [7, 11) is 0. The molecule has 0 bridgehead atoms. The van der Waals surface area contributed by atoms with Gasteiger partial charge >= 0.3 is 0 Å². The van der Waals surface area contributed by atoms with Gasteiger partial charge in [0.15, 0.2) is 0 Å². The fourth-order valence-corrected chi connectivity index (χ4v) is 4.46. The van der Waals surface area contributed by atoms with E-state index in [1.807, 2.05) is 0 Å². The van der Waals surface area contributed by atoms with Crippen LogP contribution in [-0.4, -0.2) is 12.9 Å². The summed E-state index contributed by atoms with van der Waals surface area (Å²) in [5.74, 6) is 0. The van der Waals surface area contributed by atoms with Crippen LogP contribution in [0.1, 0.15) is 174 Å². The molecule has 0 rings (SSSR count). The first kappa shape index (κ1) is 33.4. The molecule has 0 fully saturated rings. The van der Waals surface area contributed by atoms with Gasteiger partial charge in [0.2, 0.25) is 0 Å². The van der Waals surface area contributed by atoms with Crippen molar-refractivity contribution in [3.8, 4) is 0 Å². The first-order valence-corrected chi connectivity index (χ1v) is 15.2. The molecular weight excluding hydrogens is 398 g/mol. The fraction of sp³-hybridized carbons (Fsp3) is 1.00. The minimum atomic E-state index is 0.874. The van der Waals surface area contributed by atoms with Crippen LogP contribution in [0.2, 0.25) is 0 Å². The molecule has 0 aromatic rings. The molecule has 2 N–H and O–H groups in total. The highest BCUT2D eigenvalue weighted by atomic mass is 35.5. The van der Waals surface area contributed by atoms with E-state index in [1.54, 1.807) is 0 Å². The molecule has 0 heterocycles. The molecule has 0 saturated heterocycles. The van der Waals surface area contributed by atoms with E-state index >= 15 is 0 Å². The van der Waals surface area contributed by atoms with Gasteiger partial charge in [0.1, 0.15) is 0 Å². The van der Waals surface area contributed by atoms with Crippen LogP contribution in [0.25, 0.3) is 0 Å². The summed E-state index contributed by atoms with van der Waals surface area (Å²) in [6.07, 6.45) is 39.3. The van der Waals surface area contributed by atoms with Crippen molar-refractivity contribution in [2.24, 2.45) is 5.73 Å². The number of hydrogen-bond acceptors (Lipinski definition) is 1. The van der Waals surface area contributed by atoms with Gasteiger partial charge in [-0.2, -0.15) is 0 Å². The van der Waals surface area contributed by atoms with Crippen molar-refractivity contribution >= 4 is 11.6 Å². The van der Waals surface area contributed by atoms with Gasteiger partial charge in [-0.15, -0.1) is 11.6 Å². The van der Waals surface area contributed by atoms with Crippen LogP contribution in [0, 0.1) is 0 Å². The van der Waals surface area contributed by atoms with Crippen LogP contribution in [-0.2, 0) is 0 Å². The molecular formula is C29H62ClN. The quantitative estimate of drug-likeness (QED) is 0.101. The van der Waals surface area contributed by atoms with E-state index in [4.69, 9.17) is 5.73 Å². The number of alkyl halides is 1. The van der Waals surface area contributed by atoms with Crippen LogP contribution in [0.4, 0.5) is 0 Å². The van der Waals surface area contributed by atoms with Gasteiger partial charge in [-0.1, -0.05) is 167 Å².